The number of nitro benzene ring substituents is 1. The van der Waals surface area contributed by atoms with Gasteiger partial charge in [-0.2, -0.15) is 0 Å². The maximum Gasteiger partial charge on any atom is 0.337 e. The third-order valence-electron chi connectivity index (χ3n) is 24.4. The molecule has 17 rings (SSSR count). The number of furan rings is 3. The second-order valence-electron chi connectivity index (χ2n) is 35.0. The van der Waals surface area contributed by atoms with Crippen LogP contribution in [0.25, 0.3) is 0 Å². The van der Waals surface area contributed by atoms with Crippen molar-refractivity contribution >= 4 is 161 Å². The fourth-order valence-corrected chi connectivity index (χ4v) is 18.3. The lowest BCUT2D eigenvalue weighted by atomic mass is 10.0. The average molecular weight is 2040 g/mol. The number of amides is 2. The number of piperazine rings is 4. The largest absolute Gasteiger partial charge is 0.478 e. The van der Waals surface area contributed by atoms with E-state index in [0.29, 0.717) is 66.9 Å². The van der Waals surface area contributed by atoms with Crippen LogP contribution in [0.4, 0.5) is 62.6 Å². The highest BCUT2D eigenvalue weighted by Gasteiger charge is 2.32. The number of carboxylic acid groups (broad SMARTS) is 3. The summed E-state index contributed by atoms with van der Waals surface area (Å²) >= 11 is 30.1. The van der Waals surface area contributed by atoms with Gasteiger partial charge in [0.15, 0.2) is 17.3 Å². The molecule has 9 N–H and O–H groups in total. The molecule has 7 heterocycles. The normalized spacial score (nSPS) is 13.5. The number of carbonyl (C=O) groups excluding carboxylic acids is 4. The number of nitro groups is 1. The van der Waals surface area contributed by atoms with E-state index in [1.54, 1.807) is 54.6 Å². The number of Topliss-reactive ketones (excluding diaryl/α,β-unsaturated/α-hetero) is 1. The van der Waals surface area contributed by atoms with Crippen molar-refractivity contribution in [2.45, 2.75) is 60.3 Å². The number of benzene rings is 10. The van der Waals surface area contributed by atoms with Gasteiger partial charge >= 0.3 is 17.9 Å². The molecule has 0 unspecified atom stereocenters. The number of hydrogen-bond donors (Lipinski definition) is 7. The molecule has 143 heavy (non-hydrogen) atoms. The Morgan fingerprint density at radius 1 is 0.385 bits per heavy atom. The summed E-state index contributed by atoms with van der Waals surface area (Å²) in [6.45, 7) is 23.3. The molecular weight excluding hydrogens is 1920 g/mol. The number of aromatic carboxylic acids is 3. The summed E-state index contributed by atoms with van der Waals surface area (Å²) in [5.41, 5.74) is 30.1. The molecular formula is C108H116Cl5N15O15. The van der Waals surface area contributed by atoms with E-state index in [1.807, 2.05) is 67.5 Å². The van der Waals surface area contributed by atoms with E-state index < -0.39 is 34.0 Å². The van der Waals surface area contributed by atoms with Crippen molar-refractivity contribution in [2.75, 3.05) is 183 Å². The predicted octanol–water partition coefficient (Wildman–Crippen LogP) is 20.2. The van der Waals surface area contributed by atoms with Crippen LogP contribution in [-0.4, -0.2) is 204 Å². The van der Waals surface area contributed by atoms with Gasteiger partial charge in [0.05, 0.1) is 88.8 Å². The van der Waals surface area contributed by atoms with E-state index in [4.69, 9.17) is 88.5 Å². The molecule has 748 valence electrons. The van der Waals surface area contributed by atoms with Gasteiger partial charge in [-0.25, -0.2) is 14.4 Å². The molecule has 3 aromatic heterocycles. The molecule has 0 radical (unpaired) electrons. The SMILES string of the molecule is CN(C)Cc1cccc(CN)c1.Cc1ccccc1N1CCN(c2cc(Cl)c(C(=O)NCc3cccc(CN(C)C)c3)cc2NC(=O)c2ccco2)CC1.Cc1ccccc1N1CCN(c2cc(Cl)c(C(=O)O)cc2CC(=O)c2ccco2)CC1.Cc1ccccc1N1CCN(c2cc(Cl)c(C(=O)O)cc2N)CC1.Cc1ccccc1N1CCN(c2cc(Cl)c(C(=O)O)cc2[N+](=O)[O-])CC1.O=C(Cl)c1ccco1. The summed E-state index contributed by atoms with van der Waals surface area (Å²) in [5, 5.41) is 45.2. The van der Waals surface area contributed by atoms with E-state index in [1.165, 1.54) is 99.1 Å². The van der Waals surface area contributed by atoms with Crippen LogP contribution in [-0.2, 0) is 32.6 Å². The molecule has 4 fully saturated rings. The number of nitrogens with zero attached hydrogens (tertiary/aromatic N) is 11. The van der Waals surface area contributed by atoms with E-state index in [-0.39, 0.29) is 78.4 Å². The van der Waals surface area contributed by atoms with Crippen molar-refractivity contribution in [3.05, 3.63) is 369 Å². The number of carbonyl (C=O) groups is 7. The Hall–Kier alpha value is -14.3. The van der Waals surface area contributed by atoms with Crippen LogP contribution in [0, 0.1) is 37.8 Å². The summed E-state index contributed by atoms with van der Waals surface area (Å²) in [6.07, 6.45) is 4.34. The fraction of sp³-hybridized carbons (Fsp3) is 0.269. The highest BCUT2D eigenvalue weighted by atomic mass is 35.5. The van der Waals surface area contributed by atoms with E-state index >= 15 is 0 Å². The molecule has 0 saturated carbocycles. The minimum Gasteiger partial charge on any atom is -0.478 e. The van der Waals surface area contributed by atoms with Gasteiger partial charge in [0.25, 0.3) is 22.7 Å². The first-order valence-electron chi connectivity index (χ1n) is 46.3. The number of nitrogens with one attached hydrogen (secondary N) is 2. The number of para-hydroxylation sites is 4. The van der Waals surface area contributed by atoms with E-state index in [0.717, 1.165) is 126 Å². The maximum atomic E-state index is 13.3. The van der Waals surface area contributed by atoms with Crippen LogP contribution < -0.4 is 61.3 Å². The Labute approximate surface area is 856 Å². The van der Waals surface area contributed by atoms with Gasteiger partial charge < -0.3 is 99.7 Å². The maximum absolute atomic E-state index is 13.3. The summed E-state index contributed by atoms with van der Waals surface area (Å²) in [6, 6.07) is 71.4. The van der Waals surface area contributed by atoms with Crippen molar-refractivity contribution in [1.82, 2.24) is 15.1 Å². The number of aryl methyl sites for hydroxylation is 4. The lowest BCUT2D eigenvalue weighted by Gasteiger charge is -2.39. The Kier molecular flexibility index (Phi) is 38.6. The van der Waals surface area contributed by atoms with Crippen LogP contribution in [0.1, 0.15) is 123 Å². The molecule has 35 heteroatoms. The number of hydrogen-bond acceptors (Lipinski definition) is 24. The molecule has 4 saturated heterocycles. The molecule has 0 aliphatic carbocycles. The van der Waals surface area contributed by atoms with E-state index in [2.05, 4.69) is 198 Å². The highest BCUT2D eigenvalue weighted by molar-refractivity contribution is 6.67. The van der Waals surface area contributed by atoms with Crippen molar-refractivity contribution in [1.29, 1.82) is 0 Å². The van der Waals surface area contributed by atoms with Crippen LogP contribution in [0.3, 0.4) is 0 Å². The first-order chi connectivity index (χ1) is 68.6. The smallest absolute Gasteiger partial charge is 0.337 e. The standard InChI is InChI=1S/C33H36ClN5O3.C24H23ClN2O4.C18H18ClN3O4.C18H20ClN3O2.C10H16N2.C5H3ClO2/c1-23-8-4-5-11-29(23)38-13-15-39(16-14-38)30-20-27(34)26(19-28(30)36-33(41)31-12-7-17-42-31)32(40)35-21-24-9-6-10-25(18-24)22-37(2)3;1-16-5-2-3-6-20(16)26-8-10-27(11-9-26)21-15-19(25)18(24(29)30)13-17(21)14-22(28)23-7-4-12-31-23;1-12-4-2-3-5-15(12)20-6-8-21(9-7-20)16-11-14(19)13(18(23)24)10-17(16)22(25)26;1-12-4-2-3-5-16(12)21-6-8-22(9-7-21)17-11-14(19)13(18(23)24)10-15(17)20;1-12(2)8-10-5-3-4-9(6-10)7-11;6-5(7)4-2-1-3-8-4/h4-12,17-20H,13-16,21-22H2,1-3H3,(H,35,40)(H,36,41);2-7,12-13,15H,8-11,14H2,1H3,(H,29,30);2-5,10-11H,6-9H2,1H3,(H,23,24);2-5,10-11H,6-9,20H2,1H3,(H,23,24);3-6H,7-8,11H2,1-2H3;1-3H. The number of nitrogens with two attached hydrogens (primary N) is 2. The monoisotopic (exact) mass is 2040 g/mol. The number of anilines is 10. The van der Waals surface area contributed by atoms with Crippen LogP contribution in [0.2, 0.25) is 20.1 Å². The molecule has 0 spiro atoms. The molecule has 2 amide bonds. The van der Waals surface area contributed by atoms with Gasteiger partial charge in [-0.05, 0) is 221 Å². The minimum absolute atomic E-state index is 0.000525. The molecule has 4 aliphatic heterocycles. The van der Waals surface area contributed by atoms with Crippen molar-refractivity contribution in [3.63, 3.8) is 0 Å². The lowest BCUT2D eigenvalue weighted by molar-refractivity contribution is -0.384. The molecule has 10 aromatic carbocycles. The highest BCUT2D eigenvalue weighted by Crippen LogP contribution is 2.40. The summed E-state index contributed by atoms with van der Waals surface area (Å²) in [5.74, 6) is -3.76. The second kappa shape index (κ2) is 51.4. The summed E-state index contributed by atoms with van der Waals surface area (Å²) in [7, 11) is 8.17. The zero-order valence-electron chi connectivity index (χ0n) is 80.7. The third-order valence-corrected chi connectivity index (χ3v) is 25.8. The first kappa shape index (κ1) is 108. The number of rotatable bonds is 26. The quantitative estimate of drug-likeness (QED) is 0.00870. The minimum atomic E-state index is -1.28. The summed E-state index contributed by atoms with van der Waals surface area (Å²) in [4.78, 5) is 116. The second-order valence-corrected chi connectivity index (χ2v) is 37.0. The van der Waals surface area contributed by atoms with Crippen molar-refractivity contribution in [3.8, 4) is 0 Å². The number of nitrogen functional groups attached to an aromatic ring is 1. The number of carboxylic acids is 3. The lowest BCUT2D eigenvalue weighted by Crippen LogP contribution is -2.47. The van der Waals surface area contributed by atoms with Crippen LogP contribution >= 0.6 is 58.0 Å². The van der Waals surface area contributed by atoms with Gasteiger partial charge in [0, 0.05) is 172 Å². The molecule has 13 aromatic rings. The van der Waals surface area contributed by atoms with Gasteiger partial charge in [-0.3, -0.25) is 29.3 Å². The van der Waals surface area contributed by atoms with Crippen molar-refractivity contribution < 1.29 is 67.1 Å². The van der Waals surface area contributed by atoms with Crippen LogP contribution in [0.15, 0.2) is 263 Å². The molecule has 0 atom stereocenters. The number of ketones is 1. The van der Waals surface area contributed by atoms with E-state index in [9.17, 15) is 48.8 Å². The molecule has 30 nitrogen and oxygen atoms in total. The predicted molar refractivity (Wildman–Crippen MR) is 569 cm³/mol. The average Bonchev–Trinajstić information content (AvgIpc) is 1.74. The fourth-order valence-electron chi connectivity index (χ4n) is 17.2. The van der Waals surface area contributed by atoms with Gasteiger partial charge in [-0.15, -0.1) is 0 Å². The van der Waals surface area contributed by atoms with Crippen LogP contribution in [0.5, 0.6) is 0 Å². The Bertz CT molecular complexity index is 6580. The zero-order valence-corrected chi connectivity index (χ0v) is 84.5. The Morgan fingerprint density at radius 3 is 1.12 bits per heavy atom. The molecule has 0 bridgehead atoms. The molecule has 4 aliphatic rings. The third kappa shape index (κ3) is 29.4. The zero-order chi connectivity index (χ0) is 103. The number of halogens is 5. The van der Waals surface area contributed by atoms with Gasteiger partial charge in [-0.1, -0.05) is 168 Å². The van der Waals surface area contributed by atoms with Crippen molar-refractivity contribution in [2.24, 2.45) is 5.73 Å². The first-order valence-corrected chi connectivity index (χ1v) is 48.2. The van der Waals surface area contributed by atoms with Gasteiger partial charge in [0.2, 0.25) is 5.78 Å². The Balaban J connectivity index is 0.000000162. The summed E-state index contributed by atoms with van der Waals surface area (Å²) < 4.78 is 15.1. The Morgan fingerprint density at radius 2 is 0.727 bits per heavy atom. The topological polar surface area (TPSA) is 371 Å². The van der Waals surface area contributed by atoms with Gasteiger partial charge in [0.1, 0.15) is 5.69 Å².